The molecule has 0 saturated heterocycles. The molecule has 0 amide bonds. The summed E-state index contributed by atoms with van der Waals surface area (Å²) in [5, 5.41) is 12.0. The SMILES string of the molecule is NCC(c1cc(F)cc(F)c1)C(O)c1cccs1. The Labute approximate surface area is 108 Å². The fourth-order valence-corrected chi connectivity index (χ4v) is 2.67. The van der Waals surface area contributed by atoms with E-state index in [2.05, 4.69) is 0 Å². The maximum atomic E-state index is 13.2. The van der Waals surface area contributed by atoms with Crippen LogP contribution in [0.4, 0.5) is 8.78 Å². The normalized spacial score (nSPS) is 14.4. The summed E-state index contributed by atoms with van der Waals surface area (Å²) in [6.07, 6.45) is -0.851. The van der Waals surface area contributed by atoms with Crippen molar-refractivity contribution in [2.24, 2.45) is 5.73 Å². The molecule has 18 heavy (non-hydrogen) atoms. The highest BCUT2D eigenvalue weighted by atomic mass is 32.1. The molecule has 0 fully saturated rings. The monoisotopic (exact) mass is 269 g/mol. The van der Waals surface area contributed by atoms with E-state index < -0.39 is 23.7 Å². The van der Waals surface area contributed by atoms with Crippen molar-refractivity contribution in [3.8, 4) is 0 Å². The predicted molar refractivity (Wildman–Crippen MR) is 67.4 cm³/mol. The largest absolute Gasteiger partial charge is 0.387 e. The van der Waals surface area contributed by atoms with E-state index in [-0.39, 0.29) is 6.54 Å². The summed E-state index contributed by atoms with van der Waals surface area (Å²) in [4.78, 5) is 0.732. The van der Waals surface area contributed by atoms with Gasteiger partial charge in [-0.3, -0.25) is 0 Å². The summed E-state index contributed by atoms with van der Waals surface area (Å²) in [5.41, 5.74) is 5.98. The minimum atomic E-state index is -0.851. The number of rotatable bonds is 4. The van der Waals surface area contributed by atoms with Crippen LogP contribution in [-0.4, -0.2) is 11.7 Å². The van der Waals surface area contributed by atoms with Crippen molar-refractivity contribution in [3.63, 3.8) is 0 Å². The number of halogens is 2. The first-order chi connectivity index (χ1) is 8.61. The van der Waals surface area contributed by atoms with E-state index in [0.29, 0.717) is 5.56 Å². The van der Waals surface area contributed by atoms with Crippen molar-refractivity contribution in [2.45, 2.75) is 12.0 Å². The Bertz CT molecular complexity index is 495. The highest BCUT2D eigenvalue weighted by Crippen LogP contribution is 2.33. The average Bonchev–Trinajstić information content (AvgIpc) is 2.81. The van der Waals surface area contributed by atoms with Gasteiger partial charge >= 0.3 is 0 Å². The molecule has 2 atom stereocenters. The summed E-state index contributed by atoms with van der Waals surface area (Å²) < 4.78 is 26.3. The molecule has 96 valence electrons. The van der Waals surface area contributed by atoms with E-state index in [1.807, 2.05) is 11.4 Å². The van der Waals surface area contributed by atoms with E-state index in [1.165, 1.54) is 23.5 Å². The van der Waals surface area contributed by atoms with E-state index in [1.54, 1.807) is 6.07 Å². The first kappa shape index (κ1) is 13.1. The van der Waals surface area contributed by atoms with Crippen molar-refractivity contribution in [1.82, 2.24) is 0 Å². The van der Waals surface area contributed by atoms with Crippen LogP contribution in [0.15, 0.2) is 35.7 Å². The van der Waals surface area contributed by atoms with Crippen LogP contribution in [0, 0.1) is 11.6 Å². The smallest absolute Gasteiger partial charge is 0.126 e. The lowest BCUT2D eigenvalue weighted by Gasteiger charge is -2.21. The van der Waals surface area contributed by atoms with E-state index >= 15 is 0 Å². The van der Waals surface area contributed by atoms with Gasteiger partial charge in [-0.2, -0.15) is 0 Å². The van der Waals surface area contributed by atoms with Gasteiger partial charge < -0.3 is 10.8 Å². The number of benzene rings is 1. The third kappa shape index (κ3) is 2.75. The Balaban J connectivity index is 2.33. The van der Waals surface area contributed by atoms with Gasteiger partial charge in [0.2, 0.25) is 0 Å². The lowest BCUT2D eigenvalue weighted by molar-refractivity contribution is 0.151. The number of aliphatic hydroxyl groups excluding tert-OH is 1. The summed E-state index contributed by atoms with van der Waals surface area (Å²) in [6.45, 7) is 0.113. The molecule has 3 N–H and O–H groups in total. The molecule has 5 heteroatoms. The van der Waals surface area contributed by atoms with Crippen LogP contribution in [0.3, 0.4) is 0 Å². The predicted octanol–water partition coefficient (Wildman–Crippen LogP) is 2.80. The zero-order valence-corrected chi connectivity index (χ0v) is 10.3. The van der Waals surface area contributed by atoms with Gasteiger partial charge in [-0.05, 0) is 29.1 Å². The zero-order chi connectivity index (χ0) is 13.1. The van der Waals surface area contributed by atoms with Crippen LogP contribution in [0.1, 0.15) is 22.5 Å². The van der Waals surface area contributed by atoms with Gasteiger partial charge in [0, 0.05) is 23.4 Å². The van der Waals surface area contributed by atoms with Gasteiger partial charge in [0.15, 0.2) is 0 Å². The maximum Gasteiger partial charge on any atom is 0.126 e. The molecule has 2 nitrogen and oxygen atoms in total. The van der Waals surface area contributed by atoms with Crippen LogP contribution < -0.4 is 5.73 Å². The van der Waals surface area contributed by atoms with Crippen LogP contribution in [0.2, 0.25) is 0 Å². The van der Waals surface area contributed by atoms with Crippen molar-refractivity contribution >= 4 is 11.3 Å². The second-order valence-electron chi connectivity index (χ2n) is 4.01. The minimum absolute atomic E-state index is 0.113. The molecule has 2 unspecified atom stereocenters. The third-order valence-corrected chi connectivity index (χ3v) is 3.73. The molecule has 0 saturated carbocycles. The second kappa shape index (κ2) is 5.56. The van der Waals surface area contributed by atoms with Gasteiger partial charge in [-0.25, -0.2) is 8.78 Å². The van der Waals surface area contributed by atoms with Gasteiger partial charge in [0.25, 0.3) is 0 Å². The van der Waals surface area contributed by atoms with Crippen molar-refractivity contribution in [1.29, 1.82) is 0 Å². The van der Waals surface area contributed by atoms with E-state index in [9.17, 15) is 13.9 Å². The lowest BCUT2D eigenvalue weighted by atomic mass is 9.92. The molecule has 0 aliphatic heterocycles. The molecule has 1 aromatic heterocycles. The topological polar surface area (TPSA) is 46.2 Å². The van der Waals surface area contributed by atoms with E-state index in [4.69, 9.17) is 5.73 Å². The Hall–Kier alpha value is -1.30. The first-order valence-electron chi connectivity index (χ1n) is 5.49. The molecule has 0 aliphatic carbocycles. The number of thiophene rings is 1. The third-order valence-electron chi connectivity index (χ3n) is 2.78. The van der Waals surface area contributed by atoms with Gasteiger partial charge in [0.1, 0.15) is 11.6 Å². The Morgan fingerprint density at radius 1 is 1.22 bits per heavy atom. The second-order valence-corrected chi connectivity index (χ2v) is 4.98. The first-order valence-corrected chi connectivity index (χ1v) is 6.37. The van der Waals surface area contributed by atoms with Crippen molar-refractivity contribution < 1.29 is 13.9 Å². The molecule has 0 bridgehead atoms. The van der Waals surface area contributed by atoms with Crippen LogP contribution in [-0.2, 0) is 0 Å². The zero-order valence-electron chi connectivity index (χ0n) is 9.51. The Morgan fingerprint density at radius 2 is 1.89 bits per heavy atom. The molecule has 0 radical (unpaired) electrons. The van der Waals surface area contributed by atoms with Gasteiger partial charge in [0.05, 0.1) is 6.10 Å². The number of nitrogens with two attached hydrogens (primary N) is 1. The van der Waals surface area contributed by atoms with Gasteiger partial charge in [-0.15, -0.1) is 11.3 Å². The quantitative estimate of drug-likeness (QED) is 0.896. The highest BCUT2D eigenvalue weighted by molar-refractivity contribution is 7.10. The standard InChI is InChI=1S/C13H13F2NOS/c14-9-4-8(5-10(15)6-9)11(7-16)13(17)12-2-1-3-18-12/h1-6,11,13,17H,7,16H2. The molecule has 0 spiro atoms. The van der Waals surface area contributed by atoms with Crippen LogP contribution >= 0.6 is 11.3 Å². The highest BCUT2D eigenvalue weighted by Gasteiger charge is 2.23. The van der Waals surface area contributed by atoms with Crippen LogP contribution in [0.25, 0.3) is 0 Å². The molecular formula is C13H13F2NOS. The molecule has 1 heterocycles. The Morgan fingerprint density at radius 3 is 2.39 bits per heavy atom. The Kier molecular flexibility index (Phi) is 4.06. The molecule has 2 rings (SSSR count). The summed E-state index contributed by atoms with van der Waals surface area (Å²) in [5.74, 6) is -1.85. The summed E-state index contributed by atoms with van der Waals surface area (Å²) in [7, 11) is 0. The number of aliphatic hydroxyl groups is 1. The molecule has 1 aromatic carbocycles. The van der Waals surface area contributed by atoms with Crippen molar-refractivity contribution in [2.75, 3.05) is 6.54 Å². The van der Waals surface area contributed by atoms with Crippen molar-refractivity contribution in [3.05, 3.63) is 57.8 Å². The lowest BCUT2D eigenvalue weighted by Crippen LogP contribution is -2.20. The number of hydrogen-bond acceptors (Lipinski definition) is 3. The van der Waals surface area contributed by atoms with Gasteiger partial charge in [-0.1, -0.05) is 6.07 Å². The van der Waals surface area contributed by atoms with Crippen LogP contribution in [0.5, 0.6) is 0 Å². The fraction of sp³-hybridized carbons (Fsp3) is 0.231. The summed E-state index contributed by atoms with van der Waals surface area (Å²) in [6, 6.07) is 6.79. The van der Waals surface area contributed by atoms with E-state index in [0.717, 1.165) is 10.9 Å². The fourth-order valence-electron chi connectivity index (χ4n) is 1.89. The molecule has 0 aliphatic rings. The average molecular weight is 269 g/mol. The minimum Gasteiger partial charge on any atom is -0.387 e. The maximum absolute atomic E-state index is 13.2. The summed E-state index contributed by atoms with van der Waals surface area (Å²) >= 11 is 1.38. The molecule has 2 aromatic rings. The molecular weight excluding hydrogens is 256 g/mol. The number of hydrogen-bond donors (Lipinski definition) is 2.